The van der Waals surface area contributed by atoms with Crippen LogP contribution in [0.3, 0.4) is 0 Å². The van der Waals surface area contributed by atoms with E-state index in [1.54, 1.807) is 12.1 Å². The number of nitrogens with one attached hydrogen (secondary N) is 2. The van der Waals surface area contributed by atoms with Crippen LogP contribution in [0.25, 0.3) is 0 Å². The third kappa shape index (κ3) is 4.17. The molecule has 0 fully saturated rings. The van der Waals surface area contributed by atoms with Crippen molar-refractivity contribution in [3.05, 3.63) is 76.9 Å². The third-order valence-corrected chi connectivity index (χ3v) is 4.90. The molecule has 6 heteroatoms. The van der Waals surface area contributed by atoms with Crippen molar-refractivity contribution in [3.63, 3.8) is 0 Å². The number of benzene rings is 2. The van der Waals surface area contributed by atoms with Crippen molar-refractivity contribution in [2.75, 3.05) is 10.6 Å². The van der Waals surface area contributed by atoms with E-state index in [9.17, 15) is 9.18 Å². The van der Waals surface area contributed by atoms with Gasteiger partial charge in [0.2, 0.25) is 11.9 Å². The van der Waals surface area contributed by atoms with E-state index >= 15 is 0 Å². The number of aromatic nitrogens is 2. The zero-order valence-electron chi connectivity index (χ0n) is 15.6. The number of aryl methyl sites for hydroxylation is 4. The van der Waals surface area contributed by atoms with Crippen LogP contribution in [-0.2, 0) is 24.1 Å². The SMILES string of the molecule is Cc1cnc(Nc2ccc3c(c2)CCC(=O)N3)nc1CCc1ccc(F)cc1. The maximum Gasteiger partial charge on any atom is 0.227 e. The summed E-state index contributed by atoms with van der Waals surface area (Å²) in [5.41, 5.74) is 5.93. The predicted octanol–water partition coefficient (Wildman–Crippen LogP) is 4.34. The Morgan fingerprint density at radius 2 is 1.93 bits per heavy atom. The fraction of sp³-hybridized carbons (Fsp3) is 0.227. The fourth-order valence-corrected chi connectivity index (χ4v) is 3.29. The molecule has 1 aliphatic heterocycles. The van der Waals surface area contributed by atoms with Gasteiger partial charge in [0.05, 0.1) is 0 Å². The van der Waals surface area contributed by atoms with Gasteiger partial charge in [-0.2, -0.15) is 0 Å². The molecule has 4 rings (SSSR count). The van der Waals surface area contributed by atoms with Gasteiger partial charge in [0.1, 0.15) is 5.82 Å². The molecule has 28 heavy (non-hydrogen) atoms. The largest absolute Gasteiger partial charge is 0.326 e. The van der Waals surface area contributed by atoms with Gasteiger partial charge in [-0.1, -0.05) is 12.1 Å². The molecule has 2 heterocycles. The number of halogens is 1. The molecule has 0 bridgehead atoms. The number of rotatable bonds is 5. The lowest BCUT2D eigenvalue weighted by molar-refractivity contribution is -0.116. The Balaban J connectivity index is 1.47. The van der Waals surface area contributed by atoms with Gasteiger partial charge in [-0.05, 0) is 73.2 Å². The van der Waals surface area contributed by atoms with Crippen LogP contribution < -0.4 is 10.6 Å². The van der Waals surface area contributed by atoms with E-state index in [0.29, 0.717) is 12.4 Å². The summed E-state index contributed by atoms with van der Waals surface area (Å²) in [6.07, 6.45) is 4.59. The number of nitrogens with zero attached hydrogens (tertiary/aromatic N) is 2. The van der Waals surface area contributed by atoms with Gasteiger partial charge in [-0.15, -0.1) is 0 Å². The Morgan fingerprint density at radius 3 is 2.75 bits per heavy atom. The Labute approximate surface area is 163 Å². The third-order valence-electron chi connectivity index (χ3n) is 4.90. The monoisotopic (exact) mass is 376 g/mol. The van der Waals surface area contributed by atoms with E-state index in [2.05, 4.69) is 20.6 Å². The van der Waals surface area contributed by atoms with Crippen LogP contribution in [0.15, 0.2) is 48.7 Å². The van der Waals surface area contributed by atoms with Crippen molar-refractivity contribution in [3.8, 4) is 0 Å². The van der Waals surface area contributed by atoms with Crippen LogP contribution in [0.5, 0.6) is 0 Å². The van der Waals surface area contributed by atoms with Crippen molar-refractivity contribution in [1.29, 1.82) is 0 Å². The number of hydrogen-bond donors (Lipinski definition) is 2. The van der Waals surface area contributed by atoms with E-state index in [4.69, 9.17) is 0 Å². The topological polar surface area (TPSA) is 66.9 Å². The molecular formula is C22H21FN4O. The Hall–Kier alpha value is -3.28. The summed E-state index contributed by atoms with van der Waals surface area (Å²) in [5.74, 6) is 0.374. The van der Waals surface area contributed by atoms with Gasteiger partial charge in [-0.3, -0.25) is 4.79 Å². The molecular weight excluding hydrogens is 355 g/mol. The molecule has 0 saturated carbocycles. The lowest BCUT2D eigenvalue weighted by atomic mass is 10.0. The molecule has 0 aliphatic carbocycles. The molecule has 0 spiro atoms. The quantitative estimate of drug-likeness (QED) is 0.695. The van der Waals surface area contributed by atoms with Gasteiger partial charge < -0.3 is 10.6 Å². The fourth-order valence-electron chi connectivity index (χ4n) is 3.29. The summed E-state index contributed by atoms with van der Waals surface area (Å²) in [6.45, 7) is 1.99. The molecule has 1 aliphatic rings. The minimum Gasteiger partial charge on any atom is -0.326 e. The predicted molar refractivity (Wildman–Crippen MR) is 107 cm³/mol. The van der Waals surface area contributed by atoms with E-state index in [-0.39, 0.29) is 11.7 Å². The second kappa shape index (κ2) is 7.76. The smallest absolute Gasteiger partial charge is 0.227 e. The van der Waals surface area contributed by atoms with Gasteiger partial charge in [0, 0.05) is 29.7 Å². The van der Waals surface area contributed by atoms with Crippen LogP contribution in [0, 0.1) is 12.7 Å². The summed E-state index contributed by atoms with van der Waals surface area (Å²) >= 11 is 0. The average molecular weight is 376 g/mol. The number of amides is 1. The van der Waals surface area contributed by atoms with Crippen LogP contribution in [0.4, 0.5) is 21.7 Å². The number of fused-ring (bicyclic) bond motifs is 1. The molecule has 0 saturated heterocycles. The van der Waals surface area contributed by atoms with Crippen molar-refractivity contribution >= 4 is 23.2 Å². The molecule has 0 radical (unpaired) electrons. The Morgan fingerprint density at radius 1 is 1.11 bits per heavy atom. The zero-order valence-corrected chi connectivity index (χ0v) is 15.6. The van der Waals surface area contributed by atoms with Crippen LogP contribution in [0.1, 0.15) is 28.8 Å². The molecule has 3 aromatic rings. The van der Waals surface area contributed by atoms with Gasteiger partial charge >= 0.3 is 0 Å². The van der Waals surface area contributed by atoms with E-state index < -0.39 is 0 Å². The van der Waals surface area contributed by atoms with E-state index in [1.165, 1.54) is 12.1 Å². The Kier molecular flexibility index (Phi) is 5.02. The van der Waals surface area contributed by atoms with Crippen molar-refractivity contribution in [2.24, 2.45) is 0 Å². The van der Waals surface area contributed by atoms with Gasteiger partial charge in [-0.25, -0.2) is 14.4 Å². The lowest BCUT2D eigenvalue weighted by Gasteiger charge is -2.18. The average Bonchev–Trinajstić information content (AvgIpc) is 2.70. The summed E-state index contributed by atoms with van der Waals surface area (Å²) in [5, 5.41) is 6.14. The number of carbonyl (C=O) groups excluding carboxylic acids is 1. The Bertz CT molecular complexity index is 1020. The van der Waals surface area contributed by atoms with Crippen molar-refractivity contribution in [2.45, 2.75) is 32.6 Å². The number of anilines is 3. The molecule has 0 unspecified atom stereocenters. The minimum atomic E-state index is -0.224. The first-order valence-electron chi connectivity index (χ1n) is 9.33. The second-order valence-corrected chi connectivity index (χ2v) is 6.99. The first-order chi connectivity index (χ1) is 13.6. The summed E-state index contributed by atoms with van der Waals surface area (Å²) < 4.78 is 13.0. The van der Waals surface area contributed by atoms with E-state index in [1.807, 2.05) is 31.3 Å². The van der Waals surface area contributed by atoms with Crippen molar-refractivity contribution < 1.29 is 9.18 Å². The number of hydrogen-bond acceptors (Lipinski definition) is 4. The maximum absolute atomic E-state index is 13.0. The summed E-state index contributed by atoms with van der Waals surface area (Å²) in [7, 11) is 0. The standard InChI is InChI=1S/C22H21FN4O/c1-14-13-24-22(27-19(14)9-4-15-2-6-17(23)7-3-15)25-18-8-10-20-16(12-18)5-11-21(28)26-20/h2-3,6-8,10,12-13H,4-5,9,11H2,1H3,(H,26,28)(H,24,25,27). The highest BCUT2D eigenvalue weighted by Gasteiger charge is 2.15. The number of carbonyl (C=O) groups is 1. The molecule has 1 amide bonds. The van der Waals surface area contributed by atoms with E-state index in [0.717, 1.165) is 53.0 Å². The second-order valence-electron chi connectivity index (χ2n) is 6.99. The van der Waals surface area contributed by atoms with Gasteiger partial charge in [0.25, 0.3) is 0 Å². The zero-order chi connectivity index (χ0) is 19.5. The van der Waals surface area contributed by atoms with Crippen LogP contribution in [0.2, 0.25) is 0 Å². The summed E-state index contributed by atoms with van der Waals surface area (Å²) in [6, 6.07) is 12.4. The minimum absolute atomic E-state index is 0.0564. The molecule has 2 aromatic carbocycles. The normalized spacial score (nSPS) is 13.0. The molecule has 5 nitrogen and oxygen atoms in total. The first kappa shape index (κ1) is 18.1. The first-order valence-corrected chi connectivity index (χ1v) is 9.33. The molecule has 142 valence electrons. The lowest BCUT2D eigenvalue weighted by Crippen LogP contribution is -2.18. The van der Waals surface area contributed by atoms with Crippen LogP contribution >= 0.6 is 0 Å². The van der Waals surface area contributed by atoms with Crippen LogP contribution in [-0.4, -0.2) is 15.9 Å². The molecule has 2 N–H and O–H groups in total. The maximum atomic E-state index is 13.0. The van der Waals surface area contributed by atoms with Gasteiger partial charge in [0.15, 0.2) is 0 Å². The highest BCUT2D eigenvalue weighted by atomic mass is 19.1. The highest BCUT2D eigenvalue weighted by Crippen LogP contribution is 2.27. The highest BCUT2D eigenvalue weighted by molar-refractivity contribution is 5.94. The summed E-state index contributed by atoms with van der Waals surface area (Å²) in [4.78, 5) is 20.5. The van der Waals surface area contributed by atoms with Crippen molar-refractivity contribution in [1.82, 2.24) is 9.97 Å². The molecule has 0 atom stereocenters. The molecule has 1 aromatic heterocycles.